The molecule has 16 heavy (non-hydrogen) atoms. The molecular formula is C14H20N2. The van der Waals surface area contributed by atoms with E-state index in [-0.39, 0.29) is 0 Å². The standard InChI is InChI=1S/C14H20N2/c1-3-15-9-5-10-16-11-8-13-12(2)6-4-7-14(13)16/h4,6-8,11,15H,3,5,9-10H2,1-2H3. The lowest BCUT2D eigenvalue weighted by Crippen LogP contribution is -2.15. The van der Waals surface area contributed by atoms with E-state index < -0.39 is 0 Å². The normalized spacial score (nSPS) is 11.1. The molecule has 2 heteroatoms. The summed E-state index contributed by atoms with van der Waals surface area (Å²) in [6, 6.07) is 8.73. The third-order valence-electron chi connectivity index (χ3n) is 3.03. The number of nitrogens with one attached hydrogen (secondary N) is 1. The van der Waals surface area contributed by atoms with Gasteiger partial charge in [0.2, 0.25) is 0 Å². The van der Waals surface area contributed by atoms with E-state index in [4.69, 9.17) is 0 Å². The molecule has 2 aromatic rings. The van der Waals surface area contributed by atoms with Gasteiger partial charge in [-0.1, -0.05) is 19.1 Å². The first-order valence-electron chi connectivity index (χ1n) is 6.08. The molecule has 1 heterocycles. The maximum absolute atomic E-state index is 3.36. The van der Waals surface area contributed by atoms with E-state index in [2.05, 4.69) is 54.2 Å². The van der Waals surface area contributed by atoms with Crippen LogP contribution in [0.25, 0.3) is 10.9 Å². The second-order valence-electron chi connectivity index (χ2n) is 4.22. The van der Waals surface area contributed by atoms with E-state index in [1.807, 2.05) is 0 Å². The average Bonchev–Trinajstić information content (AvgIpc) is 2.70. The van der Waals surface area contributed by atoms with Crippen LogP contribution in [0.4, 0.5) is 0 Å². The number of benzene rings is 1. The minimum Gasteiger partial charge on any atom is -0.347 e. The summed E-state index contributed by atoms with van der Waals surface area (Å²) in [6.45, 7) is 7.58. The molecule has 2 nitrogen and oxygen atoms in total. The number of fused-ring (bicyclic) bond motifs is 1. The largest absolute Gasteiger partial charge is 0.347 e. The van der Waals surface area contributed by atoms with Gasteiger partial charge in [0.1, 0.15) is 0 Å². The Labute approximate surface area is 97.3 Å². The number of hydrogen-bond donors (Lipinski definition) is 1. The van der Waals surface area contributed by atoms with E-state index in [0.29, 0.717) is 0 Å². The summed E-state index contributed by atoms with van der Waals surface area (Å²) in [4.78, 5) is 0. The van der Waals surface area contributed by atoms with Crippen molar-refractivity contribution < 1.29 is 0 Å². The summed E-state index contributed by atoms with van der Waals surface area (Å²) in [6.07, 6.45) is 3.38. The first-order valence-corrected chi connectivity index (χ1v) is 6.08. The molecule has 1 aromatic heterocycles. The smallest absolute Gasteiger partial charge is 0.0482 e. The van der Waals surface area contributed by atoms with Crippen LogP contribution in [0.1, 0.15) is 18.9 Å². The van der Waals surface area contributed by atoms with Crippen LogP contribution in [-0.4, -0.2) is 17.7 Å². The van der Waals surface area contributed by atoms with Gasteiger partial charge in [-0.2, -0.15) is 0 Å². The third kappa shape index (κ3) is 2.27. The van der Waals surface area contributed by atoms with Gasteiger partial charge in [-0.05, 0) is 44.1 Å². The van der Waals surface area contributed by atoms with Gasteiger partial charge in [0.15, 0.2) is 0 Å². The average molecular weight is 216 g/mol. The highest BCUT2D eigenvalue weighted by Gasteiger charge is 2.01. The van der Waals surface area contributed by atoms with Crippen molar-refractivity contribution in [1.29, 1.82) is 0 Å². The van der Waals surface area contributed by atoms with E-state index >= 15 is 0 Å². The lowest BCUT2D eigenvalue weighted by atomic mass is 10.1. The Morgan fingerprint density at radius 1 is 1.25 bits per heavy atom. The molecule has 86 valence electrons. The predicted molar refractivity (Wildman–Crippen MR) is 69.8 cm³/mol. The minimum atomic E-state index is 1.06. The zero-order valence-corrected chi connectivity index (χ0v) is 10.2. The van der Waals surface area contributed by atoms with Gasteiger partial charge in [0.05, 0.1) is 0 Å². The fraction of sp³-hybridized carbons (Fsp3) is 0.429. The van der Waals surface area contributed by atoms with Gasteiger partial charge in [0.25, 0.3) is 0 Å². The van der Waals surface area contributed by atoms with Crippen LogP contribution >= 0.6 is 0 Å². The lowest BCUT2D eigenvalue weighted by molar-refractivity contribution is 0.603. The zero-order valence-electron chi connectivity index (χ0n) is 10.2. The summed E-state index contributed by atoms with van der Waals surface area (Å²) in [5.41, 5.74) is 2.72. The third-order valence-corrected chi connectivity index (χ3v) is 3.03. The maximum Gasteiger partial charge on any atom is 0.0482 e. The van der Waals surface area contributed by atoms with Crippen molar-refractivity contribution in [3.63, 3.8) is 0 Å². The zero-order chi connectivity index (χ0) is 11.4. The van der Waals surface area contributed by atoms with Crippen LogP contribution in [0, 0.1) is 6.92 Å². The monoisotopic (exact) mass is 216 g/mol. The van der Waals surface area contributed by atoms with Gasteiger partial charge in [-0.3, -0.25) is 0 Å². The topological polar surface area (TPSA) is 17.0 Å². The summed E-state index contributed by atoms with van der Waals surface area (Å²) in [5.74, 6) is 0. The quantitative estimate of drug-likeness (QED) is 0.760. The van der Waals surface area contributed by atoms with Crippen LogP contribution in [-0.2, 0) is 6.54 Å². The minimum absolute atomic E-state index is 1.06. The molecule has 0 radical (unpaired) electrons. The lowest BCUT2D eigenvalue weighted by Gasteiger charge is -2.06. The molecule has 0 aliphatic rings. The molecule has 0 aliphatic heterocycles. The fourth-order valence-corrected chi connectivity index (χ4v) is 2.12. The SMILES string of the molecule is CCNCCCn1ccc2c(C)cccc21. The van der Waals surface area contributed by atoms with Crippen molar-refractivity contribution in [1.82, 2.24) is 9.88 Å². The number of nitrogens with zero attached hydrogens (tertiary/aromatic N) is 1. The number of rotatable bonds is 5. The number of aromatic nitrogens is 1. The Kier molecular flexibility index (Phi) is 3.62. The molecule has 2 rings (SSSR count). The summed E-state index contributed by atoms with van der Waals surface area (Å²) in [5, 5.41) is 4.74. The molecule has 0 amide bonds. The van der Waals surface area contributed by atoms with Gasteiger partial charge >= 0.3 is 0 Å². The van der Waals surface area contributed by atoms with E-state index in [0.717, 1.165) is 19.6 Å². The first kappa shape index (κ1) is 11.2. The van der Waals surface area contributed by atoms with Crippen molar-refractivity contribution in [3.05, 3.63) is 36.0 Å². The molecule has 1 N–H and O–H groups in total. The molecule has 0 aliphatic carbocycles. The Hall–Kier alpha value is -1.28. The van der Waals surface area contributed by atoms with Gasteiger partial charge in [-0.15, -0.1) is 0 Å². The van der Waals surface area contributed by atoms with Crippen molar-refractivity contribution in [2.24, 2.45) is 0 Å². The van der Waals surface area contributed by atoms with Crippen LogP contribution in [0.15, 0.2) is 30.5 Å². The predicted octanol–water partition coefficient (Wildman–Crippen LogP) is 2.95. The van der Waals surface area contributed by atoms with Crippen LogP contribution < -0.4 is 5.32 Å². The van der Waals surface area contributed by atoms with Crippen molar-refractivity contribution in [2.75, 3.05) is 13.1 Å². The molecular weight excluding hydrogens is 196 g/mol. The Balaban J connectivity index is 2.10. The van der Waals surface area contributed by atoms with Gasteiger partial charge in [0, 0.05) is 23.6 Å². The molecule has 0 atom stereocenters. The molecule has 0 saturated heterocycles. The van der Waals surface area contributed by atoms with Crippen molar-refractivity contribution >= 4 is 10.9 Å². The maximum atomic E-state index is 3.36. The molecule has 0 saturated carbocycles. The van der Waals surface area contributed by atoms with Crippen LogP contribution in [0.2, 0.25) is 0 Å². The number of hydrogen-bond acceptors (Lipinski definition) is 1. The van der Waals surface area contributed by atoms with Crippen LogP contribution in [0.3, 0.4) is 0 Å². The molecule has 1 aromatic carbocycles. The first-order chi connectivity index (χ1) is 7.83. The highest BCUT2D eigenvalue weighted by Crippen LogP contribution is 2.19. The highest BCUT2D eigenvalue weighted by molar-refractivity contribution is 5.83. The Morgan fingerprint density at radius 3 is 2.94 bits per heavy atom. The Morgan fingerprint density at radius 2 is 2.12 bits per heavy atom. The van der Waals surface area contributed by atoms with E-state index in [1.165, 1.54) is 22.9 Å². The summed E-state index contributed by atoms with van der Waals surface area (Å²) < 4.78 is 2.35. The fourth-order valence-electron chi connectivity index (χ4n) is 2.12. The van der Waals surface area contributed by atoms with Crippen LogP contribution in [0.5, 0.6) is 0 Å². The molecule has 0 fully saturated rings. The number of aryl methyl sites for hydroxylation is 2. The molecule has 0 unspecified atom stereocenters. The Bertz CT molecular complexity index is 457. The summed E-state index contributed by atoms with van der Waals surface area (Å²) in [7, 11) is 0. The highest BCUT2D eigenvalue weighted by atomic mass is 15.0. The van der Waals surface area contributed by atoms with Crippen molar-refractivity contribution in [3.8, 4) is 0 Å². The molecule has 0 spiro atoms. The van der Waals surface area contributed by atoms with Gasteiger partial charge in [-0.25, -0.2) is 0 Å². The van der Waals surface area contributed by atoms with E-state index in [9.17, 15) is 0 Å². The van der Waals surface area contributed by atoms with Crippen molar-refractivity contribution in [2.45, 2.75) is 26.8 Å². The van der Waals surface area contributed by atoms with E-state index in [1.54, 1.807) is 0 Å². The summed E-state index contributed by atoms with van der Waals surface area (Å²) >= 11 is 0. The van der Waals surface area contributed by atoms with Gasteiger partial charge < -0.3 is 9.88 Å². The second kappa shape index (κ2) is 5.17. The second-order valence-corrected chi connectivity index (χ2v) is 4.22. The molecule has 0 bridgehead atoms.